The second-order valence-electron chi connectivity index (χ2n) is 5.47. The molecule has 1 unspecified atom stereocenters. The maximum atomic E-state index is 12.1. The SMILES string of the molecule is CC.CC.CC(C)(C)C1C(=O)[N-]CCc2ccccc21.[Rb+]. The van der Waals surface area contributed by atoms with Gasteiger partial charge in [0.2, 0.25) is 0 Å². The van der Waals surface area contributed by atoms with Crippen LogP contribution in [0.2, 0.25) is 0 Å². The molecule has 0 fully saturated rings. The maximum absolute atomic E-state index is 12.1. The predicted octanol–water partition coefficient (Wildman–Crippen LogP) is 2.33. The van der Waals surface area contributed by atoms with Crippen LogP contribution in [0, 0.1) is 5.41 Å². The summed E-state index contributed by atoms with van der Waals surface area (Å²) in [4.78, 5) is 12.1. The first-order chi connectivity index (χ1) is 9.50. The first-order valence-electron chi connectivity index (χ1n) is 7.79. The van der Waals surface area contributed by atoms with Gasteiger partial charge in [0.05, 0.1) is 5.91 Å². The van der Waals surface area contributed by atoms with E-state index in [1.54, 1.807) is 0 Å². The van der Waals surface area contributed by atoms with Gasteiger partial charge in [-0.25, -0.2) is 0 Å². The molecule has 0 spiro atoms. The molecular formula is C18H30NORb. The van der Waals surface area contributed by atoms with Crippen LogP contribution in [0.4, 0.5) is 0 Å². The Bertz CT molecular complexity index is 410. The van der Waals surface area contributed by atoms with Gasteiger partial charge in [0.25, 0.3) is 0 Å². The molecule has 0 radical (unpaired) electrons. The van der Waals surface area contributed by atoms with Gasteiger partial charge in [-0.2, -0.15) is 0 Å². The second kappa shape index (κ2) is 12.0. The van der Waals surface area contributed by atoms with Crippen molar-refractivity contribution in [1.82, 2.24) is 0 Å². The van der Waals surface area contributed by atoms with Gasteiger partial charge in [0.15, 0.2) is 0 Å². The molecule has 1 amide bonds. The number of amides is 1. The smallest absolute Gasteiger partial charge is 0.653 e. The third kappa shape index (κ3) is 7.07. The average molecular weight is 362 g/mol. The topological polar surface area (TPSA) is 31.2 Å². The van der Waals surface area contributed by atoms with Crippen molar-refractivity contribution in [3.63, 3.8) is 0 Å². The fourth-order valence-corrected chi connectivity index (χ4v) is 2.39. The van der Waals surface area contributed by atoms with Gasteiger partial charge in [0.1, 0.15) is 0 Å². The molecule has 1 aromatic carbocycles. The molecular weight excluding hydrogens is 332 g/mol. The minimum Gasteiger partial charge on any atom is -0.653 e. The zero-order valence-corrected chi connectivity index (χ0v) is 20.1. The minimum atomic E-state index is -0.0915. The number of nitrogens with zero attached hydrogens (tertiary/aromatic N) is 1. The summed E-state index contributed by atoms with van der Waals surface area (Å²) in [5, 5.41) is 4.15. The van der Waals surface area contributed by atoms with E-state index in [0.29, 0.717) is 6.54 Å². The molecule has 2 rings (SSSR count). The predicted molar refractivity (Wildman–Crippen MR) is 88.3 cm³/mol. The number of rotatable bonds is 0. The quantitative estimate of drug-likeness (QED) is 0.697. The standard InChI is InChI=1S/C14H19NO.2C2H6.Rb/c1-14(2,3)12-11-7-5-4-6-10(11)8-9-15-13(12)16;2*1-2;/h4-7,12H,8-9H2,1-3H3,(H,15,16);2*1-2H3;/q;;;+1/p-1. The molecule has 114 valence electrons. The summed E-state index contributed by atoms with van der Waals surface area (Å²) in [6, 6.07) is 8.23. The molecule has 0 saturated carbocycles. The third-order valence-corrected chi connectivity index (χ3v) is 3.13. The Balaban J connectivity index is 0. The molecule has 3 heteroatoms. The Kier molecular flexibility index (Phi) is 13.6. The molecule has 1 aliphatic rings. The molecule has 1 heterocycles. The normalized spacial score (nSPS) is 16.5. The van der Waals surface area contributed by atoms with Crippen LogP contribution >= 0.6 is 0 Å². The molecule has 0 bridgehead atoms. The summed E-state index contributed by atoms with van der Waals surface area (Å²) in [6.45, 7) is 14.9. The van der Waals surface area contributed by atoms with Crippen molar-refractivity contribution in [1.29, 1.82) is 0 Å². The van der Waals surface area contributed by atoms with Crippen LogP contribution in [0.25, 0.3) is 5.32 Å². The molecule has 0 N–H and O–H groups in total. The summed E-state index contributed by atoms with van der Waals surface area (Å²) >= 11 is 0. The van der Waals surface area contributed by atoms with Crippen LogP contribution in [-0.2, 0) is 11.2 Å². The number of carbonyl (C=O) groups excluding carboxylic acids is 1. The first kappa shape index (κ1) is 23.8. The first-order valence-corrected chi connectivity index (χ1v) is 7.79. The van der Waals surface area contributed by atoms with E-state index in [-0.39, 0.29) is 75.4 Å². The molecule has 1 aliphatic heterocycles. The van der Waals surface area contributed by atoms with Gasteiger partial charge in [-0.05, 0) is 23.0 Å². The molecule has 0 aromatic heterocycles. The summed E-state index contributed by atoms with van der Waals surface area (Å²) in [5.74, 6) is -0.0522. The Morgan fingerprint density at radius 1 is 1.05 bits per heavy atom. The van der Waals surface area contributed by atoms with E-state index in [9.17, 15) is 4.79 Å². The molecule has 1 atom stereocenters. The van der Waals surface area contributed by atoms with Gasteiger partial charge < -0.3 is 10.1 Å². The molecule has 2 nitrogen and oxygen atoms in total. The molecule has 0 saturated heterocycles. The van der Waals surface area contributed by atoms with Crippen molar-refractivity contribution in [2.24, 2.45) is 5.41 Å². The van der Waals surface area contributed by atoms with E-state index in [1.807, 2.05) is 39.8 Å². The Morgan fingerprint density at radius 3 is 2.10 bits per heavy atom. The van der Waals surface area contributed by atoms with Crippen LogP contribution in [0.15, 0.2) is 24.3 Å². The average Bonchev–Trinajstić information content (AvgIpc) is 2.60. The van der Waals surface area contributed by atoms with Crippen molar-refractivity contribution in [3.05, 3.63) is 40.7 Å². The van der Waals surface area contributed by atoms with E-state index in [0.717, 1.165) is 6.42 Å². The van der Waals surface area contributed by atoms with Gasteiger partial charge in [-0.1, -0.05) is 72.7 Å². The van der Waals surface area contributed by atoms with E-state index in [1.165, 1.54) is 11.1 Å². The third-order valence-electron chi connectivity index (χ3n) is 3.13. The summed E-state index contributed by atoms with van der Waals surface area (Å²) in [6.07, 6.45) is 0.883. The number of benzene rings is 1. The number of hydrogen-bond donors (Lipinski definition) is 0. The van der Waals surface area contributed by atoms with Gasteiger partial charge in [-0.15, -0.1) is 6.54 Å². The van der Waals surface area contributed by atoms with E-state index in [2.05, 4.69) is 38.2 Å². The fraction of sp³-hybridized carbons (Fsp3) is 0.611. The Hall–Kier alpha value is 0.495. The van der Waals surface area contributed by atoms with Crippen LogP contribution < -0.4 is 58.2 Å². The molecule has 1 aromatic rings. The zero-order valence-electron chi connectivity index (χ0n) is 15.2. The maximum Gasteiger partial charge on any atom is 1.00 e. The van der Waals surface area contributed by atoms with Gasteiger partial charge in [0, 0.05) is 5.92 Å². The van der Waals surface area contributed by atoms with E-state index in [4.69, 9.17) is 0 Å². The van der Waals surface area contributed by atoms with Gasteiger partial charge >= 0.3 is 58.2 Å². The number of carbonyl (C=O) groups is 1. The van der Waals surface area contributed by atoms with E-state index >= 15 is 0 Å². The monoisotopic (exact) mass is 361 g/mol. The Labute approximate surface area is 180 Å². The van der Waals surface area contributed by atoms with Crippen molar-refractivity contribution < 1.29 is 63.0 Å². The van der Waals surface area contributed by atoms with Crippen molar-refractivity contribution in [3.8, 4) is 0 Å². The fourth-order valence-electron chi connectivity index (χ4n) is 2.39. The molecule has 21 heavy (non-hydrogen) atoms. The van der Waals surface area contributed by atoms with Crippen LogP contribution in [0.5, 0.6) is 0 Å². The van der Waals surface area contributed by atoms with Crippen molar-refractivity contribution >= 4 is 5.91 Å². The van der Waals surface area contributed by atoms with Crippen LogP contribution in [0.3, 0.4) is 0 Å². The van der Waals surface area contributed by atoms with Crippen molar-refractivity contribution in [2.45, 2.75) is 60.8 Å². The molecule has 0 aliphatic carbocycles. The summed E-state index contributed by atoms with van der Waals surface area (Å²) in [7, 11) is 0. The largest absolute Gasteiger partial charge is 1.00 e. The van der Waals surface area contributed by atoms with E-state index < -0.39 is 0 Å². The Morgan fingerprint density at radius 2 is 1.57 bits per heavy atom. The second-order valence-corrected chi connectivity index (χ2v) is 5.47. The van der Waals surface area contributed by atoms with Gasteiger partial charge in [-0.3, -0.25) is 0 Å². The van der Waals surface area contributed by atoms with Crippen molar-refractivity contribution in [2.75, 3.05) is 6.54 Å². The summed E-state index contributed by atoms with van der Waals surface area (Å²) in [5.41, 5.74) is 2.37. The number of hydrogen-bond acceptors (Lipinski definition) is 1. The van der Waals surface area contributed by atoms with Crippen LogP contribution in [-0.4, -0.2) is 12.5 Å². The zero-order chi connectivity index (χ0) is 15.8. The minimum absolute atomic E-state index is 0. The summed E-state index contributed by atoms with van der Waals surface area (Å²) < 4.78 is 0. The number of fused-ring (bicyclic) bond motifs is 1. The van der Waals surface area contributed by atoms with Crippen LogP contribution in [0.1, 0.15) is 65.5 Å².